The number of amides is 2. The Hall–Kier alpha value is -3.01. The van der Waals surface area contributed by atoms with Crippen molar-refractivity contribution < 1.29 is 29.2 Å². The number of nitrogens with zero attached hydrogens (tertiary/aromatic N) is 2. The van der Waals surface area contributed by atoms with Gasteiger partial charge in [-0.2, -0.15) is 0 Å². The van der Waals surface area contributed by atoms with Gasteiger partial charge in [0, 0.05) is 37.4 Å². The van der Waals surface area contributed by atoms with Crippen LogP contribution < -0.4 is 5.32 Å². The van der Waals surface area contributed by atoms with Crippen LogP contribution in [0.3, 0.4) is 0 Å². The van der Waals surface area contributed by atoms with Crippen LogP contribution in [0.1, 0.15) is 22.3 Å². The highest BCUT2D eigenvalue weighted by Crippen LogP contribution is 2.31. The van der Waals surface area contributed by atoms with Crippen LogP contribution in [0, 0.1) is 22.5 Å². The summed E-state index contributed by atoms with van der Waals surface area (Å²) in [6.45, 7) is 1.51. The molecule has 0 aromatic heterocycles. The second kappa shape index (κ2) is 8.12. The predicted molar refractivity (Wildman–Crippen MR) is 93.3 cm³/mol. The van der Waals surface area contributed by atoms with E-state index in [9.17, 15) is 29.6 Å². The van der Waals surface area contributed by atoms with E-state index >= 15 is 0 Å². The summed E-state index contributed by atoms with van der Waals surface area (Å²) in [6, 6.07) is 3.93. The van der Waals surface area contributed by atoms with E-state index in [1.54, 1.807) is 0 Å². The first-order chi connectivity index (χ1) is 12.7. The Kier molecular flexibility index (Phi) is 6.11. The molecule has 1 aliphatic heterocycles. The van der Waals surface area contributed by atoms with Gasteiger partial charge in [0.25, 0.3) is 11.6 Å². The molecule has 1 aromatic rings. The fraction of sp³-hybridized carbons (Fsp3) is 0.471. The molecule has 1 unspecified atom stereocenters. The zero-order valence-corrected chi connectivity index (χ0v) is 15.1. The highest BCUT2D eigenvalue weighted by Gasteiger charge is 2.46. The quantitative estimate of drug-likeness (QED) is 0.522. The van der Waals surface area contributed by atoms with Gasteiger partial charge in [-0.15, -0.1) is 0 Å². The lowest BCUT2D eigenvalue weighted by Crippen LogP contribution is -2.43. The van der Waals surface area contributed by atoms with Gasteiger partial charge in [-0.25, -0.2) is 0 Å². The van der Waals surface area contributed by atoms with Gasteiger partial charge in [0.15, 0.2) is 0 Å². The van der Waals surface area contributed by atoms with E-state index in [4.69, 9.17) is 4.74 Å². The largest absolute Gasteiger partial charge is 0.481 e. The van der Waals surface area contributed by atoms with E-state index < -0.39 is 28.1 Å². The molecule has 0 spiro atoms. The third-order valence-electron chi connectivity index (χ3n) is 4.64. The van der Waals surface area contributed by atoms with E-state index in [-0.39, 0.29) is 43.9 Å². The van der Waals surface area contributed by atoms with E-state index in [1.807, 2.05) is 0 Å². The molecule has 1 heterocycles. The van der Waals surface area contributed by atoms with Crippen molar-refractivity contribution in [1.82, 2.24) is 10.2 Å². The number of aliphatic carboxylic acids is 1. The first-order valence-corrected chi connectivity index (χ1v) is 8.23. The highest BCUT2D eigenvalue weighted by molar-refractivity contribution is 5.97. The zero-order chi connectivity index (χ0) is 20.2. The van der Waals surface area contributed by atoms with Crippen LogP contribution in [-0.2, 0) is 14.3 Å². The molecule has 2 N–H and O–H groups in total. The summed E-state index contributed by atoms with van der Waals surface area (Å²) >= 11 is 0. The number of hydrogen-bond donors (Lipinski definition) is 2. The standard InChI is InChI=1S/C17H21N3O7/c1-11-7-12(3-4-13(11)20(25)26)15(22)18-8-14(21)19-6-5-17(9-19,10-27-2)16(23)24/h3-4,7H,5-6,8-10H2,1-2H3,(H,18,22)(H,23,24). The average molecular weight is 379 g/mol. The molecule has 1 aromatic carbocycles. The van der Waals surface area contributed by atoms with Crippen LogP contribution >= 0.6 is 0 Å². The molecule has 0 radical (unpaired) electrons. The van der Waals surface area contributed by atoms with Crippen LogP contribution in [0.4, 0.5) is 5.69 Å². The van der Waals surface area contributed by atoms with Crippen LogP contribution in [0.5, 0.6) is 0 Å². The summed E-state index contributed by atoms with van der Waals surface area (Å²) in [5.41, 5.74) is -0.692. The normalized spacial score (nSPS) is 19.0. The van der Waals surface area contributed by atoms with Gasteiger partial charge in [0.2, 0.25) is 5.91 Å². The maximum Gasteiger partial charge on any atom is 0.313 e. The van der Waals surface area contributed by atoms with Crippen LogP contribution in [0.2, 0.25) is 0 Å². The van der Waals surface area contributed by atoms with Gasteiger partial charge in [-0.1, -0.05) is 0 Å². The molecule has 0 saturated carbocycles. The maximum absolute atomic E-state index is 12.3. The molecule has 10 nitrogen and oxygen atoms in total. The fourth-order valence-corrected chi connectivity index (χ4v) is 3.09. The first kappa shape index (κ1) is 20.3. The second-order valence-electron chi connectivity index (χ2n) is 6.52. The van der Waals surface area contributed by atoms with Gasteiger partial charge in [-0.3, -0.25) is 24.5 Å². The number of methoxy groups -OCH3 is 1. The lowest BCUT2D eigenvalue weighted by atomic mass is 9.88. The monoisotopic (exact) mass is 379 g/mol. The number of hydrogen-bond acceptors (Lipinski definition) is 6. The van der Waals surface area contributed by atoms with Crippen molar-refractivity contribution in [2.24, 2.45) is 5.41 Å². The Bertz CT molecular complexity index is 780. The third kappa shape index (κ3) is 4.40. The average Bonchev–Trinajstić information content (AvgIpc) is 3.05. The summed E-state index contributed by atoms with van der Waals surface area (Å²) in [5.74, 6) is -1.96. The summed E-state index contributed by atoms with van der Waals surface area (Å²) in [7, 11) is 1.40. The Morgan fingerprint density at radius 2 is 2.11 bits per heavy atom. The minimum atomic E-state index is -1.14. The van der Waals surface area contributed by atoms with Crippen molar-refractivity contribution in [3.05, 3.63) is 39.4 Å². The molecule has 0 aliphatic carbocycles. The number of ether oxygens (including phenoxy) is 1. The Morgan fingerprint density at radius 3 is 2.67 bits per heavy atom. The van der Waals surface area contributed by atoms with E-state index in [0.29, 0.717) is 5.56 Å². The molecule has 2 amide bonds. The molecule has 2 rings (SSSR count). The lowest BCUT2D eigenvalue weighted by molar-refractivity contribution is -0.385. The second-order valence-corrected chi connectivity index (χ2v) is 6.52. The topological polar surface area (TPSA) is 139 Å². The molecular formula is C17H21N3O7. The number of nitro groups is 1. The van der Waals surface area contributed by atoms with Gasteiger partial charge >= 0.3 is 5.97 Å². The summed E-state index contributed by atoms with van der Waals surface area (Å²) < 4.78 is 4.98. The number of benzene rings is 1. The lowest BCUT2D eigenvalue weighted by Gasteiger charge is -2.23. The number of rotatable bonds is 7. The van der Waals surface area contributed by atoms with E-state index in [1.165, 1.54) is 37.1 Å². The van der Waals surface area contributed by atoms with E-state index in [0.717, 1.165) is 0 Å². The molecule has 146 valence electrons. The van der Waals surface area contributed by atoms with Crippen molar-refractivity contribution in [2.45, 2.75) is 13.3 Å². The van der Waals surface area contributed by atoms with Crippen molar-refractivity contribution in [2.75, 3.05) is 33.4 Å². The molecule has 1 aliphatic rings. The fourth-order valence-electron chi connectivity index (χ4n) is 3.09. The molecule has 10 heteroatoms. The minimum absolute atomic E-state index is 0.000540. The Balaban J connectivity index is 1.96. The maximum atomic E-state index is 12.3. The van der Waals surface area contributed by atoms with Gasteiger partial charge in [0.05, 0.1) is 18.1 Å². The van der Waals surface area contributed by atoms with Crippen LogP contribution in [0.25, 0.3) is 0 Å². The van der Waals surface area contributed by atoms with Gasteiger partial charge in [0.1, 0.15) is 5.41 Å². The summed E-state index contributed by atoms with van der Waals surface area (Å²) in [4.78, 5) is 47.6. The van der Waals surface area contributed by atoms with Crippen molar-refractivity contribution in [1.29, 1.82) is 0 Å². The molecule has 27 heavy (non-hydrogen) atoms. The van der Waals surface area contributed by atoms with Crippen molar-refractivity contribution in [3.63, 3.8) is 0 Å². The smallest absolute Gasteiger partial charge is 0.313 e. The van der Waals surface area contributed by atoms with Gasteiger partial charge < -0.3 is 20.1 Å². The minimum Gasteiger partial charge on any atom is -0.481 e. The number of carboxylic acid groups (broad SMARTS) is 1. The summed E-state index contributed by atoms with van der Waals surface area (Å²) in [5, 5.41) is 22.7. The molecular weight excluding hydrogens is 358 g/mol. The number of nitrogens with one attached hydrogen (secondary N) is 1. The molecule has 1 saturated heterocycles. The number of carbonyl (C=O) groups excluding carboxylic acids is 2. The third-order valence-corrected chi connectivity index (χ3v) is 4.64. The molecule has 1 atom stereocenters. The van der Waals surface area contributed by atoms with Gasteiger partial charge in [-0.05, 0) is 25.5 Å². The number of carbonyl (C=O) groups is 3. The Morgan fingerprint density at radius 1 is 1.41 bits per heavy atom. The number of likely N-dealkylation sites (tertiary alicyclic amines) is 1. The van der Waals surface area contributed by atoms with Crippen molar-refractivity contribution in [3.8, 4) is 0 Å². The first-order valence-electron chi connectivity index (χ1n) is 8.23. The predicted octanol–water partition coefficient (Wildman–Crippen LogP) is 0.583. The number of aryl methyl sites for hydroxylation is 1. The van der Waals surface area contributed by atoms with Crippen molar-refractivity contribution >= 4 is 23.5 Å². The molecule has 1 fully saturated rings. The number of carboxylic acids is 1. The van der Waals surface area contributed by atoms with Crippen LogP contribution in [0.15, 0.2) is 18.2 Å². The number of nitro benzene ring substituents is 1. The summed E-state index contributed by atoms with van der Waals surface area (Å²) in [6.07, 6.45) is 0.275. The zero-order valence-electron chi connectivity index (χ0n) is 15.1. The SMILES string of the molecule is COCC1(C(=O)O)CCN(C(=O)CNC(=O)c2ccc([N+](=O)[O-])c(C)c2)C1. The van der Waals surface area contributed by atoms with Crippen LogP contribution in [-0.4, -0.2) is 66.1 Å². The Labute approximate surface area is 155 Å². The molecule has 0 bridgehead atoms. The highest BCUT2D eigenvalue weighted by atomic mass is 16.6. The van der Waals surface area contributed by atoms with E-state index in [2.05, 4.69) is 5.32 Å².